The van der Waals surface area contributed by atoms with Crippen LogP contribution in [0.1, 0.15) is 10.4 Å². The smallest absolute Gasteiger partial charge is 0.251 e. The lowest BCUT2D eigenvalue weighted by Gasteiger charge is -2.34. The molecule has 3 rings (SSSR count). The van der Waals surface area contributed by atoms with Crippen LogP contribution in [0.4, 0.5) is 0 Å². The summed E-state index contributed by atoms with van der Waals surface area (Å²) in [6.07, 6.45) is 0. The molecule has 174 valence electrons. The minimum atomic E-state index is -3.54. The van der Waals surface area contributed by atoms with Gasteiger partial charge in [-0.3, -0.25) is 9.69 Å². The minimum absolute atomic E-state index is 0.220. The Morgan fingerprint density at radius 2 is 1.44 bits per heavy atom. The zero-order chi connectivity index (χ0) is 23.1. The van der Waals surface area contributed by atoms with Crippen LogP contribution in [0.25, 0.3) is 0 Å². The van der Waals surface area contributed by atoms with E-state index in [0.717, 1.165) is 0 Å². The largest absolute Gasteiger partial charge is 0.497 e. The summed E-state index contributed by atoms with van der Waals surface area (Å²) in [6.45, 7) is 3.06. The molecule has 0 aromatic heterocycles. The highest BCUT2D eigenvalue weighted by atomic mass is 32.2. The lowest BCUT2D eigenvalue weighted by Crippen LogP contribution is -2.50. The molecule has 0 radical (unpaired) electrons. The molecule has 1 N–H and O–H groups in total. The third-order valence-electron chi connectivity index (χ3n) is 5.36. The summed E-state index contributed by atoms with van der Waals surface area (Å²) in [7, 11) is 1.07. The molecule has 0 aliphatic carbocycles. The van der Waals surface area contributed by atoms with Crippen LogP contribution in [0.15, 0.2) is 47.4 Å². The monoisotopic (exact) mass is 463 g/mol. The molecule has 1 fully saturated rings. The molecule has 0 spiro atoms. The van der Waals surface area contributed by atoms with Crippen molar-refractivity contribution in [2.75, 3.05) is 60.6 Å². The molecule has 2 aromatic carbocycles. The summed E-state index contributed by atoms with van der Waals surface area (Å²) >= 11 is 0. The molecule has 1 aliphatic heterocycles. The highest BCUT2D eigenvalue weighted by Gasteiger charge is 2.28. The lowest BCUT2D eigenvalue weighted by molar-refractivity contribution is 0.0944. The topological polar surface area (TPSA) is 97.4 Å². The van der Waals surface area contributed by atoms with E-state index in [0.29, 0.717) is 62.1 Å². The normalized spacial score (nSPS) is 15.2. The van der Waals surface area contributed by atoms with Gasteiger partial charge in [-0.2, -0.15) is 4.31 Å². The average Bonchev–Trinajstić information content (AvgIpc) is 2.83. The Morgan fingerprint density at radius 3 is 1.97 bits per heavy atom. The van der Waals surface area contributed by atoms with E-state index >= 15 is 0 Å². The first-order chi connectivity index (χ1) is 15.4. The van der Waals surface area contributed by atoms with Crippen molar-refractivity contribution in [3.8, 4) is 17.2 Å². The highest BCUT2D eigenvalue weighted by Crippen LogP contribution is 2.23. The molecule has 9 nitrogen and oxygen atoms in total. The second-order valence-electron chi connectivity index (χ2n) is 7.28. The summed E-state index contributed by atoms with van der Waals surface area (Å²) in [6, 6.07) is 11.4. The fraction of sp³-hybridized carbons (Fsp3) is 0.409. The standard InChI is InChI=1S/C22H29N3O6S/c1-29-18-4-6-21(7-5-18)32(27,28)25-12-10-24(11-13-25)9-8-23-22(26)17-14-19(30-2)16-20(15-17)31-3/h4-7,14-16H,8-13H2,1-3H3,(H,23,26). The number of nitrogens with one attached hydrogen (secondary N) is 1. The Balaban J connectivity index is 1.48. The number of amides is 1. The molecule has 1 aliphatic rings. The summed E-state index contributed by atoms with van der Waals surface area (Å²) in [5.74, 6) is 1.48. The van der Waals surface area contributed by atoms with Gasteiger partial charge in [0, 0.05) is 50.9 Å². The van der Waals surface area contributed by atoms with Gasteiger partial charge in [-0.15, -0.1) is 0 Å². The van der Waals surface area contributed by atoms with Crippen molar-refractivity contribution in [2.45, 2.75) is 4.90 Å². The van der Waals surface area contributed by atoms with Crippen LogP contribution in [-0.4, -0.2) is 84.1 Å². The summed E-state index contributed by atoms with van der Waals surface area (Å²) in [4.78, 5) is 14.9. The Labute approximate surface area is 188 Å². The van der Waals surface area contributed by atoms with Gasteiger partial charge in [0.2, 0.25) is 10.0 Å². The molecule has 0 atom stereocenters. The van der Waals surface area contributed by atoms with Gasteiger partial charge in [-0.05, 0) is 36.4 Å². The van der Waals surface area contributed by atoms with Gasteiger partial charge in [0.15, 0.2) is 0 Å². The van der Waals surface area contributed by atoms with Crippen LogP contribution < -0.4 is 19.5 Å². The Bertz CT molecular complexity index is 996. The van der Waals surface area contributed by atoms with Crippen molar-refractivity contribution in [3.63, 3.8) is 0 Å². The number of piperazine rings is 1. The molecule has 0 bridgehead atoms. The third kappa shape index (κ3) is 5.70. The van der Waals surface area contributed by atoms with E-state index < -0.39 is 10.0 Å². The van der Waals surface area contributed by atoms with Crippen LogP contribution in [0.3, 0.4) is 0 Å². The van der Waals surface area contributed by atoms with Crippen molar-refractivity contribution in [3.05, 3.63) is 48.0 Å². The molecule has 1 amide bonds. The molecule has 32 heavy (non-hydrogen) atoms. The van der Waals surface area contributed by atoms with Gasteiger partial charge in [-0.25, -0.2) is 8.42 Å². The fourth-order valence-corrected chi connectivity index (χ4v) is 4.88. The van der Waals surface area contributed by atoms with Crippen LogP contribution in [0.2, 0.25) is 0 Å². The van der Waals surface area contributed by atoms with Gasteiger partial charge in [0.25, 0.3) is 5.91 Å². The first-order valence-electron chi connectivity index (χ1n) is 10.2. The van der Waals surface area contributed by atoms with Crippen molar-refractivity contribution in [1.82, 2.24) is 14.5 Å². The number of rotatable bonds is 9. The number of methoxy groups -OCH3 is 3. The Morgan fingerprint density at radius 1 is 0.875 bits per heavy atom. The molecule has 10 heteroatoms. The summed E-state index contributed by atoms with van der Waals surface area (Å²) < 4.78 is 42.7. The maximum Gasteiger partial charge on any atom is 0.251 e. The minimum Gasteiger partial charge on any atom is -0.497 e. The SMILES string of the molecule is COc1ccc(S(=O)(=O)N2CCN(CCNC(=O)c3cc(OC)cc(OC)c3)CC2)cc1. The summed E-state index contributed by atoms with van der Waals surface area (Å²) in [5.41, 5.74) is 0.455. The molecule has 1 heterocycles. The van der Waals surface area contributed by atoms with Crippen LogP contribution in [-0.2, 0) is 10.0 Å². The number of carbonyl (C=O) groups excluding carboxylic acids is 1. The Kier molecular flexibility index (Phi) is 7.94. The van der Waals surface area contributed by atoms with E-state index in [2.05, 4.69) is 10.2 Å². The number of benzene rings is 2. The molecule has 0 unspecified atom stereocenters. The number of ether oxygens (including phenoxy) is 3. The van der Waals surface area contributed by atoms with Gasteiger partial charge < -0.3 is 19.5 Å². The van der Waals surface area contributed by atoms with E-state index in [1.165, 1.54) is 18.5 Å². The van der Waals surface area contributed by atoms with Crippen molar-refractivity contribution in [2.24, 2.45) is 0 Å². The first-order valence-corrected chi connectivity index (χ1v) is 11.7. The average molecular weight is 464 g/mol. The Hall–Kier alpha value is -2.82. The maximum atomic E-state index is 12.8. The quantitative estimate of drug-likeness (QED) is 0.601. The van der Waals surface area contributed by atoms with E-state index in [-0.39, 0.29) is 10.8 Å². The number of nitrogens with zero attached hydrogens (tertiary/aromatic N) is 2. The first kappa shape index (κ1) is 23.8. The van der Waals surface area contributed by atoms with E-state index in [4.69, 9.17) is 14.2 Å². The van der Waals surface area contributed by atoms with Gasteiger partial charge in [0.1, 0.15) is 17.2 Å². The maximum absolute atomic E-state index is 12.8. The predicted molar refractivity (Wildman–Crippen MR) is 120 cm³/mol. The predicted octanol–water partition coefficient (Wildman–Crippen LogP) is 1.45. The van der Waals surface area contributed by atoms with Gasteiger partial charge in [0.05, 0.1) is 26.2 Å². The van der Waals surface area contributed by atoms with Crippen LogP contribution in [0, 0.1) is 0 Å². The second-order valence-corrected chi connectivity index (χ2v) is 9.22. The number of hydrogen-bond acceptors (Lipinski definition) is 7. The fourth-order valence-electron chi connectivity index (χ4n) is 3.46. The van der Waals surface area contributed by atoms with E-state index in [1.54, 1.807) is 49.6 Å². The zero-order valence-electron chi connectivity index (χ0n) is 18.5. The van der Waals surface area contributed by atoms with E-state index in [9.17, 15) is 13.2 Å². The number of sulfonamides is 1. The van der Waals surface area contributed by atoms with Crippen molar-refractivity contribution in [1.29, 1.82) is 0 Å². The number of hydrogen-bond donors (Lipinski definition) is 1. The molecule has 2 aromatic rings. The lowest BCUT2D eigenvalue weighted by atomic mass is 10.2. The molecular weight excluding hydrogens is 434 g/mol. The summed E-state index contributed by atoms with van der Waals surface area (Å²) in [5, 5.41) is 2.89. The molecule has 1 saturated heterocycles. The van der Waals surface area contributed by atoms with E-state index in [1.807, 2.05) is 0 Å². The van der Waals surface area contributed by atoms with Crippen molar-refractivity contribution >= 4 is 15.9 Å². The highest BCUT2D eigenvalue weighted by molar-refractivity contribution is 7.89. The zero-order valence-corrected chi connectivity index (χ0v) is 19.4. The van der Waals surface area contributed by atoms with Gasteiger partial charge in [-0.1, -0.05) is 0 Å². The molecule has 0 saturated carbocycles. The van der Waals surface area contributed by atoms with Crippen LogP contribution >= 0.6 is 0 Å². The number of carbonyl (C=O) groups is 1. The van der Waals surface area contributed by atoms with Crippen molar-refractivity contribution < 1.29 is 27.4 Å². The second kappa shape index (κ2) is 10.7. The van der Waals surface area contributed by atoms with Crippen LogP contribution in [0.5, 0.6) is 17.2 Å². The molecular formula is C22H29N3O6S. The van der Waals surface area contributed by atoms with Gasteiger partial charge >= 0.3 is 0 Å². The third-order valence-corrected chi connectivity index (χ3v) is 7.27.